The molecule has 3 aliphatic carbocycles. The molecule has 0 unspecified atom stereocenters. The molecule has 0 aromatic heterocycles. The fourth-order valence-corrected chi connectivity index (χ4v) is 7.05. The predicted octanol–water partition coefficient (Wildman–Crippen LogP) is 6.27. The highest BCUT2D eigenvalue weighted by Gasteiger charge is 2.54. The number of benzene rings is 2. The Morgan fingerprint density at radius 2 is 1.79 bits per heavy atom. The standard InChI is InChI=1S/C25H28O2S/c1-25-14-13-21-20-10-8-19(28-18-6-4-17(27-2)5-7-18)15-16(20)3-9-22(21)23(25)11-12-24(25)26/h4-8,10,15,21-23H,3,9,11-14H2,1-2H3/t21-,22-,23+,25+/m1/s1. The zero-order chi connectivity index (χ0) is 19.3. The minimum Gasteiger partial charge on any atom is -0.497 e. The summed E-state index contributed by atoms with van der Waals surface area (Å²) in [4.78, 5) is 15.1. The fraction of sp³-hybridized carbons (Fsp3) is 0.480. The fourth-order valence-electron chi connectivity index (χ4n) is 6.17. The number of hydrogen-bond acceptors (Lipinski definition) is 3. The van der Waals surface area contributed by atoms with Gasteiger partial charge in [0, 0.05) is 21.6 Å². The first kappa shape index (κ1) is 18.3. The van der Waals surface area contributed by atoms with Gasteiger partial charge in [-0.05, 0) is 97.4 Å². The number of aryl methyl sites for hydroxylation is 1. The van der Waals surface area contributed by atoms with E-state index in [-0.39, 0.29) is 5.41 Å². The number of methoxy groups -OCH3 is 1. The van der Waals surface area contributed by atoms with Crippen molar-refractivity contribution in [1.82, 2.24) is 0 Å². The van der Waals surface area contributed by atoms with Crippen molar-refractivity contribution < 1.29 is 9.53 Å². The molecule has 0 N–H and O–H groups in total. The average Bonchev–Trinajstić information content (AvgIpc) is 3.03. The van der Waals surface area contributed by atoms with E-state index in [1.54, 1.807) is 12.7 Å². The Kier molecular flexibility index (Phi) is 4.54. The van der Waals surface area contributed by atoms with Gasteiger partial charge in [0.1, 0.15) is 11.5 Å². The van der Waals surface area contributed by atoms with Crippen molar-refractivity contribution in [1.29, 1.82) is 0 Å². The molecule has 0 aliphatic heterocycles. The molecule has 3 heteroatoms. The summed E-state index contributed by atoms with van der Waals surface area (Å²) in [5, 5.41) is 0. The number of ether oxygens (including phenoxy) is 1. The molecule has 5 rings (SSSR count). The second-order valence-corrected chi connectivity index (χ2v) is 10.1. The highest BCUT2D eigenvalue weighted by molar-refractivity contribution is 7.99. The molecule has 2 fully saturated rings. The van der Waals surface area contributed by atoms with E-state index in [2.05, 4.69) is 37.3 Å². The maximum Gasteiger partial charge on any atom is 0.139 e. The van der Waals surface area contributed by atoms with Gasteiger partial charge in [-0.1, -0.05) is 24.8 Å². The van der Waals surface area contributed by atoms with Crippen LogP contribution < -0.4 is 4.74 Å². The van der Waals surface area contributed by atoms with Crippen LogP contribution in [0.3, 0.4) is 0 Å². The van der Waals surface area contributed by atoms with Crippen LogP contribution in [-0.4, -0.2) is 12.9 Å². The summed E-state index contributed by atoms with van der Waals surface area (Å²) in [5.74, 6) is 3.41. The molecular weight excluding hydrogens is 364 g/mol. The molecule has 28 heavy (non-hydrogen) atoms. The lowest BCUT2D eigenvalue weighted by molar-refractivity contribution is -0.129. The minimum absolute atomic E-state index is 0.0250. The van der Waals surface area contributed by atoms with Crippen LogP contribution in [0, 0.1) is 17.3 Å². The first-order valence-electron chi connectivity index (χ1n) is 10.6. The average molecular weight is 393 g/mol. The van der Waals surface area contributed by atoms with Crippen molar-refractivity contribution in [3.05, 3.63) is 53.6 Å². The molecule has 2 saturated carbocycles. The third kappa shape index (κ3) is 2.90. The summed E-state index contributed by atoms with van der Waals surface area (Å²) in [5.41, 5.74) is 3.08. The molecule has 0 bridgehead atoms. The topological polar surface area (TPSA) is 26.3 Å². The van der Waals surface area contributed by atoms with Crippen molar-refractivity contribution in [2.45, 2.75) is 61.2 Å². The monoisotopic (exact) mass is 392 g/mol. The van der Waals surface area contributed by atoms with Gasteiger partial charge in [-0.15, -0.1) is 0 Å². The normalized spacial score (nSPS) is 31.1. The van der Waals surface area contributed by atoms with Crippen molar-refractivity contribution >= 4 is 17.5 Å². The number of carbonyl (C=O) groups is 1. The number of hydrogen-bond donors (Lipinski definition) is 0. The van der Waals surface area contributed by atoms with E-state index in [1.807, 2.05) is 23.9 Å². The summed E-state index contributed by atoms with van der Waals surface area (Å²) < 4.78 is 5.26. The van der Waals surface area contributed by atoms with Gasteiger partial charge in [-0.3, -0.25) is 4.79 Å². The van der Waals surface area contributed by atoms with Gasteiger partial charge in [0.05, 0.1) is 7.11 Å². The minimum atomic E-state index is -0.0250. The summed E-state index contributed by atoms with van der Waals surface area (Å²) in [7, 11) is 1.70. The van der Waals surface area contributed by atoms with E-state index in [9.17, 15) is 4.79 Å². The Morgan fingerprint density at radius 1 is 1.00 bits per heavy atom. The summed E-state index contributed by atoms with van der Waals surface area (Å²) >= 11 is 1.82. The molecule has 2 aromatic rings. The van der Waals surface area contributed by atoms with Gasteiger partial charge in [0.2, 0.25) is 0 Å². The molecule has 2 aromatic carbocycles. The lowest BCUT2D eigenvalue weighted by Crippen LogP contribution is -2.42. The van der Waals surface area contributed by atoms with Gasteiger partial charge in [0.25, 0.3) is 0 Å². The van der Waals surface area contributed by atoms with E-state index in [1.165, 1.54) is 28.2 Å². The molecule has 0 spiro atoms. The lowest BCUT2D eigenvalue weighted by Gasteiger charge is -2.48. The van der Waals surface area contributed by atoms with Crippen LogP contribution >= 0.6 is 11.8 Å². The Balaban J connectivity index is 1.38. The van der Waals surface area contributed by atoms with Crippen LogP contribution in [0.5, 0.6) is 5.75 Å². The maximum atomic E-state index is 12.5. The third-order valence-electron chi connectivity index (χ3n) is 7.70. The van der Waals surface area contributed by atoms with Crippen molar-refractivity contribution in [2.24, 2.45) is 17.3 Å². The Morgan fingerprint density at radius 3 is 2.57 bits per heavy atom. The van der Waals surface area contributed by atoms with Crippen molar-refractivity contribution in [2.75, 3.05) is 7.11 Å². The summed E-state index contributed by atoms with van der Waals surface area (Å²) in [6.07, 6.45) is 6.61. The van der Waals surface area contributed by atoms with Crippen molar-refractivity contribution in [3.63, 3.8) is 0 Å². The number of fused-ring (bicyclic) bond motifs is 5. The molecule has 0 amide bonds. The molecular formula is C25H28O2S. The largest absolute Gasteiger partial charge is 0.497 e. The van der Waals surface area contributed by atoms with Crippen LogP contribution in [-0.2, 0) is 11.2 Å². The second kappa shape index (κ2) is 6.95. The van der Waals surface area contributed by atoms with Crippen LogP contribution in [0.1, 0.15) is 56.1 Å². The smallest absolute Gasteiger partial charge is 0.139 e. The molecule has 0 saturated heterocycles. The van der Waals surface area contributed by atoms with Crippen LogP contribution in [0.15, 0.2) is 52.3 Å². The van der Waals surface area contributed by atoms with E-state index in [4.69, 9.17) is 4.74 Å². The first-order chi connectivity index (χ1) is 13.6. The number of rotatable bonds is 3. The van der Waals surface area contributed by atoms with E-state index < -0.39 is 0 Å². The zero-order valence-corrected chi connectivity index (χ0v) is 17.6. The van der Waals surface area contributed by atoms with Gasteiger partial charge in [-0.25, -0.2) is 0 Å². The third-order valence-corrected chi connectivity index (χ3v) is 8.70. The summed E-state index contributed by atoms with van der Waals surface area (Å²) in [6, 6.07) is 15.4. The number of carbonyl (C=O) groups excluding carboxylic acids is 1. The number of ketones is 1. The highest BCUT2D eigenvalue weighted by atomic mass is 32.2. The SMILES string of the molecule is COc1ccc(Sc2ccc3c(c2)CC[C@@H]2[C@@H]3CC[C@]3(C)C(=O)CC[C@@H]23)cc1. The summed E-state index contributed by atoms with van der Waals surface area (Å²) in [6.45, 7) is 2.26. The van der Waals surface area contributed by atoms with E-state index in [0.29, 0.717) is 23.5 Å². The Hall–Kier alpha value is -1.74. The lowest BCUT2D eigenvalue weighted by atomic mass is 9.55. The van der Waals surface area contributed by atoms with Crippen LogP contribution in [0.2, 0.25) is 0 Å². The molecule has 0 radical (unpaired) electrons. The first-order valence-corrected chi connectivity index (χ1v) is 11.4. The second-order valence-electron chi connectivity index (χ2n) is 8.97. The van der Waals surface area contributed by atoms with Crippen molar-refractivity contribution in [3.8, 4) is 5.75 Å². The Labute approximate surface area is 172 Å². The molecule has 3 aliphatic rings. The van der Waals surface area contributed by atoms with E-state index in [0.717, 1.165) is 31.4 Å². The quantitative estimate of drug-likeness (QED) is 0.615. The predicted molar refractivity (Wildman–Crippen MR) is 113 cm³/mol. The molecule has 146 valence electrons. The van der Waals surface area contributed by atoms with Gasteiger partial charge in [0.15, 0.2) is 0 Å². The Bertz CT molecular complexity index is 903. The van der Waals surface area contributed by atoms with Gasteiger partial charge < -0.3 is 4.74 Å². The molecule has 2 nitrogen and oxygen atoms in total. The maximum absolute atomic E-state index is 12.5. The van der Waals surface area contributed by atoms with Gasteiger partial charge in [-0.2, -0.15) is 0 Å². The zero-order valence-electron chi connectivity index (χ0n) is 16.7. The highest BCUT2D eigenvalue weighted by Crippen LogP contribution is 2.59. The number of Topliss-reactive ketones (excluding diaryl/α,β-unsaturated/α-hetero) is 1. The van der Waals surface area contributed by atoms with Gasteiger partial charge >= 0.3 is 0 Å². The van der Waals surface area contributed by atoms with Crippen LogP contribution in [0.25, 0.3) is 0 Å². The molecule has 0 heterocycles. The van der Waals surface area contributed by atoms with E-state index >= 15 is 0 Å². The van der Waals surface area contributed by atoms with Crippen LogP contribution in [0.4, 0.5) is 0 Å². The molecule has 4 atom stereocenters.